The van der Waals surface area contributed by atoms with Crippen molar-refractivity contribution in [2.24, 2.45) is 5.73 Å². The van der Waals surface area contributed by atoms with Crippen molar-refractivity contribution in [1.29, 1.82) is 0 Å². The van der Waals surface area contributed by atoms with Gasteiger partial charge in [-0.1, -0.05) is 35.9 Å². The van der Waals surface area contributed by atoms with Gasteiger partial charge in [0, 0.05) is 12.0 Å². The quantitative estimate of drug-likeness (QED) is 0.751. The highest BCUT2D eigenvalue weighted by Gasteiger charge is 2.04. The average Bonchev–Trinajstić information content (AvgIpc) is 2.87. The standard InChI is InChI=1S/C16H17N3/c1-11-2-3-13-9-14(5-4-12(13)8-11)15-10-18-16(19-15)6-7-17/h2-5,8-10H,6-7,17H2,1H3,(H,18,19). The second kappa shape index (κ2) is 4.86. The third-order valence-corrected chi connectivity index (χ3v) is 3.32. The van der Waals surface area contributed by atoms with Gasteiger partial charge in [-0.3, -0.25) is 0 Å². The summed E-state index contributed by atoms with van der Waals surface area (Å²) in [4.78, 5) is 7.66. The highest BCUT2D eigenvalue weighted by Crippen LogP contribution is 2.24. The smallest absolute Gasteiger partial charge is 0.107 e. The maximum absolute atomic E-state index is 5.54. The molecule has 3 rings (SSSR count). The molecule has 3 aromatic rings. The first kappa shape index (κ1) is 11.9. The summed E-state index contributed by atoms with van der Waals surface area (Å²) in [5, 5.41) is 2.52. The van der Waals surface area contributed by atoms with Crippen LogP contribution in [-0.2, 0) is 6.42 Å². The fraction of sp³-hybridized carbons (Fsp3) is 0.188. The van der Waals surface area contributed by atoms with Gasteiger partial charge in [0.05, 0.1) is 11.9 Å². The normalized spacial score (nSPS) is 11.1. The molecule has 0 saturated heterocycles. The summed E-state index contributed by atoms with van der Waals surface area (Å²) >= 11 is 0. The van der Waals surface area contributed by atoms with Crippen LogP contribution in [0.1, 0.15) is 11.4 Å². The first-order valence-electron chi connectivity index (χ1n) is 6.51. The molecule has 3 nitrogen and oxygen atoms in total. The molecule has 2 aromatic carbocycles. The number of nitrogens with one attached hydrogen (secondary N) is 1. The van der Waals surface area contributed by atoms with E-state index in [1.54, 1.807) is 0 Å². The minimum atomic E-state index is 0.615. The lowest BCUT2D eigenvalue weighted by Crippen LogP contribution is -2.03. The number of hydrogen-bond acceptors (Lipinski definition) is 2. The minimum Gasteiger partial charge on any atom is -0.342 e. The number of imidazole rings is 1. The van der Waals surface area contributed by atoms with E-state index in [9.17, 15) is 0 Å². The number of benzene rings is 2. The van der Waals surface area contributed by atoms with Crippen molar-refractivity contribution in [3.8, 4) is 11.3 Å². The summed E-state index contributed by atoms with van der Waals surface area (Å²) in [6.07, 6.45) is 2.66. The second-order valence-electron chi connectivity index (χ2n) is 4.85. The Kier molecular flexibility index (Phi) is 3.05. The number of nitrogens with two attached hydrogens (primary N) is 1. The van der Waals surface area contributed by atoms with E-state index in [1.807, 2.05) is 6.20 Å². The maximum atomic E-state index is 5.54. The van der Waals surface area contributed by atoms with Crippen molar-refractivity contribution >= 4 is 10.8 Å². The van der Waals surface area contributed by atoms with E-state index in [0.29, 0.717) is 6.54 Å². The molecule has 0 radical (unpaired) electrons. The highest BCUT2D eigenvalue weighted by molar-refractivity contribution is 5.87. The monoisotopic (exact) mass is 251 g/mol. The largest absolute Gasteiger partial charge is 0.342 e. The molecule has 3 N–H and O–H groups in total. The van der Waals surface area contributed by atoms with Gasteiger partial charge in [0.2, 0.25) is 0 Å². The minimum absolute atomic E-state index is 0.615. The lowest BCUT2D eigenvalue weighted by atomic mass is 10.0. The van der Waals surface area contributed by atoms with Gasteiger partial charge >= 0.3 is 0 Å². The Hall–Kier alpha value is -2.13. The summed E-state index contributed by atoms with van der Waals surface area (Å²) < 4.78 is 0. The van der Waals surface area contributed by atoms with Gasteiger partial charge in [0.15, 0.2) is 0 Å². The molecule has 1 aromatic heterocycles. The molecule has 0 unspecified atom stereocenters. The Morgan fingerprint density at radius 3 is 2.74 bits per heavy atom. The van der Waals surface area contributed by atoms with Crippen LogP contribution in [0.2, 0.25) is 0 Å². The molecule has 0 spiro atoms. The van der Waals surface area contributed by atoms with Crippen molar-refractivity contribution < 1.29 is 0 Å². The number of nitrogens with zero attached hydrogens (tertiary/aromatic N) is 1. The Bertz CT molecular complexity index is 713. The average molecular weight is 251 g/mol. The number of rotatable bonds is 3. The van der Waals surface area contributed by atoms with E-state index in [0.717, 1.165) is 23.5 Å². The predicted octanol–water partition coefficient (Wildman–Crippen LogP) is 3.04. The molecule has 0 atom stereocenters. The summed E-state index contributed by atoms with van der Waals surface area (Å²) in [6.45, 7) is 2.73. The van der Waals surface area contributed by atoms with Crippen LogP contribution < -0.4 is 5.73 Å². The molecule has 0 saturated carbocycles. The molecule has 0 bridgehead atoms. The van der Waals surface area contributed by atoms with E-state index in [-0.39, 0.29) is 0 Å². The molecule has 0 aliphatic heterocycles. The first-order valence-corrected chi connectivity index (χ1v) is 6.51. The van der Waals surface area contributed by atoms with E-state index in [2.05, 4.69) is 53.3 Å². The molecule has 96 valence electrons. The number of fused-ring (bicyclic) bond motifs is 1. The third-order valence-electron chi connectivity index (χ3n) is 3.32. The van der Waals surface area contributed by atoms with Crippen LogP contribution in [0.25, 0.3) is 22.0 Å². The zero-order valence-corrected chi connectivity index (χ0v) is 11.0. The molecule has 3 heteroatoms. The summed E-state index contributed by atoms with van der Waals surface area (Å²) in [7, 11) is 0. The van der Waals surface area contributed by atoms with Crippen LogP contribution in [0.3, 0.4) is 0 Å². The lowest BCUT2D eigenvalue weighted by Gasteiger charge is -2.03. The van der Waals surface area contributed by atoms with E-state index in [1.165, 1.54) is 16.3 Å². The number of hydrogen-bond donors (Lipinski definition) is 2. The van der Waals surface area contributed by atoms with Gasteiger partial charge in [-0.05, 0) is 30.3 Å². The van der Waals surface area contributed by atoms with Crippen LogP contribution in [0.4, 0.5) is 0 Å². The summed E-state index contributed by atoms with van der Waals surface area (Å²) in [5.74, 6) is 0.946. The van der Waals surface area contributed by atoms with E-state index in [4.69, 9.17) is 5.73 Å². The van der Waals surface area contributed by atoms with E-state index < -0.39 is 0 Å². The Balaban J connectivity index is 2.02. The SMILES string of the molecule is Cc1ccc2cc(-c3cnc(CCN)[nH]3)ccc2c1. The fourth-order valence-electron chi connectivity index (χ4n) is 2.31. The molecule has 19 heavy (non-hydrogen) atoms. The summed E-state index contributed by atoms with van der Waals surface area (Å²) in [5.41, 5.74) is 9.03. The van der Waals surface area contributed by atoms with Crippen molar-refractivity contribution in [1.82, 2.24) is 9.97 Å². The second-order valence-corrected chi connectivity index (χ2v) is 4.85. The number of aryl methyl sites for hydroxylation is 1. The van der Waals surface area contributed by atoms with Crippen LogP contribution in [0.15, 0.2) is 42.6 Å². The van der Waals surface area contributed by atoms with Crippen molar-refractivity contribution in [2.45, 2.75) is 13.3 Å². The van der Waals surface area contributed by atoms with Gasteiger partial charge in [-0.25, -0.2) is 4.98 Å². The fourth-order valence-corrected chi connectivity index (χ4v) is 2.31. The lowest BCUT2D eigenvalue weighted by molar-refractivity contribution is 0.895. The summed E-state index contributed by atoms with van der Waals surface area (Å²) in [6, 6.07) is 13.0. The van der Waals surface area contributed by atoms with Crippen molar-refractivity contribution in [3.63, 3.8) is 0 Å². The van der Waals surface area contributed by atoms with Crippen LogP contribution in [-0.4, -0.2) is 16.5 Å². The molecular formula is C16H17N3. The zero-order valence-electron chi connectivity index (χ0n) is 11.0. The van der Waals surface area contributed by atoms with Gasteiger partial charge in [0.1, 0.15) is 5.82 Å². The molecular weight excluding hydrogens is 234 g/mol. The number of aromatic amines is 1. The topological polar surface area (TPSA) is 54.7 Å². The molecule has 0 aliphatic rings. The third kappa shape index (κ3) is 2.37. The molecule has 1 heterocycles. The van der Waals surface area contributed by atoms with E-state index >= 15 is 0 Å². The van der Waals surface area contributed by atoms with Gasteiger partial charge in [-0.15, -0.1) is 0 Å². The highest BCUT2D eigenvalue weighted by atomic mass is 14.9. The van der Waals surface area contributed by atoms with Gasteiger partial charge < -0.3 is 10.7 Å². The molecule has 0 aliphatic carbocycles. The number of aromatic nitrogens is 2. The maximum Gasteiger partial charge on any atom is 0.107 e. The van der Waals surface area contributed by atoms with Gasteiger partial charge in [-0.2, -0.15) is 0 Å². The predicted molar refractivity (Wildman–Crippen MR) is 79.0 cm³/mol. The van der Waals surface area contributed by atoms with Crippen molar-refractivity contribution in [2.75, 3.05) is 6.54 Å². The first-order chi connectivity index (χ1) is 9.26. The van der Waals surface area contributed by atoms with Gasteiger partial charge in [0.25, 0.3) is 0 Å². The van der Waals surface area contributed by atoms with Crippen LogP contribution >= 0.6 is 0 Å². The number of H-pyrrole nitrogens is 1. The van der Waals surface area contributed by atoms with Crippen LogP contribution in [0, 0.1) is 6.92 Å². The zero-order chi connectivity index (χ0) is 13.2. The Morgan fingerprint density at radius 1 is 1.11 bits per heavy atom. The Morgan fingerprint density at radius 2 is 1.89 bits per heavy atom. The van der Waals surface area contributed by atoms with Crippen LogP contribution in [0.5, 0.6) is 0 Å². The molecule has 0 fully saturated rings. The Labute approximate surface area is 112 Å². The molecule has 0 amide bonds. The van der Waals surface area contributed by atoms with Crippen molar-refractivity contribution in [3.05, 3.63) is 54.0 Å².